The zero-order valence-corrected chi connectivity index (χ0v) is 9.90. The highest BCUT2D eigenvalue weighted by Gasteiger charge is 2.19. The van der Waals surface area contributed by atoms with Gasteiger partial charge in [-0.1, -0.05) is 6.07 Å². The van der Waals surface area contributed by atoms with Gasteiger partial charge < -0.3 is 5.11 Å². The number of hydrogen-bond donors (Lipinski definition) is 1. The standard InChI is InChI=1S/C8H7NO6S2/c10-8(11)5-16-17(14,15)7-3-1-2-6(4-7)9(12)13/h1-4H,5H2,(H,10,11). The number of carbonyl (C=O) groups is 1. The Labute approximate surface area is 99.9 Å². The quantitative estimate of drug-likeness (QED) is 0.486. The Morgan fingerprint density at radius 2 is 2.12 bits per heavy atom. The van der Waals surface area contributed by atoms with Crippen molar-refractivity contribution < 1.29 is 23.2 Å². The Hall–Kier alpha value is -1.61. The lowest BCUT2D eigenvalue weighted by Gasteiger charge is -2.01. The summed E-state index contributed by atoms with van der Waals surface area (Å²) in [6.45, 7) is 0. The third-order valence-electron chi connectivity index (χ3n) is 1.65. The van der Waals surface area contributed by atoms with Gasteiger partial charge >= 0.3 is 5.97 Å². The number of rotatable bonds is 5. The lowest BCUT2D eigenvalue weighted by Crippen LogP contribution is -2.04. The number of nitro benzene ring substituents is 1. The first kappa shape index (κ1) is 13.5. The van der Waals surface area contributed by atoms with Crippen LogP contribution in [0.4, 0.5) is 5.69 Å². The predicted octanol–water partition coefficient (Wildman–Crippen LogP) is 1.10. The first-order valence-electron chi connectivity index (χ1n) is 4.18. The van der Waals surface area contributed by atoms with Gasteiger partial charge in [0.1, 0.15) is 5.75 Å². The second kappa shape index (κ2) is 5.15. The monoisotopic (exact) mass is 277 g/mol. The summed E-state index contributed by atoms with van der Waals surface area (Å²) in [5.41, 5.74) is -0.359. The molecule has 0 saturated carbocycles. The van der Waals surface area contributed by atoms with Crippen molar-refractivity contribution in [1.29, 1.82) is 0 Å². The molecule has 0 unspecified atom stereocenters. The molecule has 0 atom stereocenters. The molecule has 0 aliphatic rings. The zero-order valence-electron chi connectivity index (χ0n) is 8.27. The Balaban J connectivity index is 3.03. The van der Waals surface area contributed by atoms with Crippen molar-refractivity contribution >= 4 is 31.3 Å². The molecule has 9 heteroatoms. The van der Waals surface area contributed by atoms with Crippen LogP contribution in [0.2, 0.25) is 0 Å². The van der Waals surface area contributed by atoms with Crippen LogP contribution in [0.5, 0.6) is 0 Å². The van der Waals surface area contributed by atoms with Crippen LogP contribution in [0, 0.1) is 10.1 Å². The van der Waals surface area contributed by atoms with Gasteiger partial charge in [-0.15, -0.1) is 0 Å². The number of benzene rings is 1. The summed E-state index contributed by atoms with van der Waals surface area (Å²) >= 11 is 0. The molecule has 0 spiro atoms. The first-order chi connectivity index (χ1) is 7.83. The molecule has 0 aromatic heterocycles. The van der Waals surface area contributed by atoms with Crippen LogP contribution in [-0.4, -0.2) is 30.2 Å². The van der Waals surface area contributed by atoms with Crippen molar-refractivity contribution in [2.24, 2.45) is 0 Å². The van der Waals surface area contributed by atoms with Crippen molar-refractivity contribution in [3.8, 4) is 0 Å². The summed E-state index contributed by atoms with van der Waals surface area (Å²) in [5, 5.41) is 18.8. The third-order valence-corrected chi connectivity index (χ3v) is 5.02. The average molecular weight is 277 g/mol. The minimum Gasteiger partial charge on any atom is -0.481 e. The van der Waals surface area contributed by atoms with Gasteiger partial charge in [-0.3, -0.25) is 14.9 Å². The molecule has 0 heterocycles. The van der Waals surface area contributed by atoms with Crippen LogP contribution in [-0.2, 0) is 13.7 Å². The highest BCUT2D eigenvalue weighted by molar-refractivity contribution is 8.72. The topological polar surface area (TPSA) is 115 Å². The number of carboxylic acids is 1. The minimum absolute atomic E-state index is 0.210. The summed E-state index contributed by atoms with van der Waals surface area (Å²) in [4.78, 5) is 19.7. The summed E-state index contributed by atoms with van der Waals surface area (Å²) in [5.74, 6) is -1.89. The number of nitro groups is 1. The molecule has 0 amide bonds. The SMILES string of the molecule is O=C(O)CSS(=O)(=O)c1cccc([N+](=O)[O-])c1. The number of aliphatic carboxylic acids is 1. The molecule has 1 aromatic rings. The molecule has 17 heavy (non-hydrogen) atoms. The van der Waals surface area contributed by atoms with E-state index in [2.05, 4.69) is 0 Å². The fourth-order valence-corrected chi connectivity index (χ4v) is 3.34. The maximum atomic E-state index is 11.6. The molecule has 92 valence electrons. The van der Waals surface area contributed by atoms with Crippen LogP contribution in [0.3, 0.4) is 0 Å². The molecule has 0 fully saturated rings. The maximum Gasteiger partial charge on any atom is 0.314 e. The van der Waals surface area contributed by atoms with Gasteiger partial charge in [0.15, 0.2) is 0 Å². The van der Waals surface area contributed by atoms with E-state index in [1.165, 1.54) is 12.1 Å². The molecular weight excluding hydrogens is 270 g/mol. The molecule has 1 N–H and O–H groups in total. The second-order valence-corrected chi connectivity index (χ2v) is 6.79. The average Bonchev–Trinajstić information content (AvgIpc) is 2.27. The van der Waals surface area contributed by atoms with Crippen LogP contribution in [0.15, 0.2) is 29.2 Å². The zero-order chi connectivity index (χ0) is 13.1. The highest BCUT2D eigenvalue weighted by atomic mass is 33.1. The lowest BCUT2D eigenvalue weighted by molar-refractivity contribution is -0.385. The molecule has 0 radical (unpaired) electrons. The van der Waals surface area contributed by atoms with E-state index in [0.717, 1.165) is 12.1 Å². The van der Waals surface area contributed by atoms with E-state index in [9.17, 15) is 23.3 Å². The van der Waals surface area contributed by atoms with Crippen molar-refractivity contribution in [2.75, 3.05) is 5.75 Å². The van der Waals surface area contributed by atoms with Crippen molar-refractivity contribution in [3.63, 3.8) is 0 Å². The van der Waals surface area contributed by atoms with Gasteiger partial charge in [-0.05, 0) is 16.9 Å². The first-order valence-corrected chi connectivity index (χ1v) is 7.17. The van der Waals surface area contributed by atoms with Crippen LogP contribution >= 0.6 is 10.8 Å². The third kappa shape index (κ3) is 3.71. The fourth-order valence-electron chi connectivity index (χ4n) is 0.949. The number of hydrogen-bond acceptors (Lipinski definition) is 6. The van der Waals surface area contributed by atoms with E-state index >= 15 is 0 Å². The Kier molecular flexibility index (Phi) is 4.07. The van der Waals surface area contributed by atoms with Gasteiger partial charge in [0, 0.05) is 12.1 Å². The minimum atomic E-state index is -3.88. The van der Waals surface area contributed by atoms with Crippen molar-refractivity contribution in [1.82, 2.24) is 0 Å². The van der Waals surface area contributed by atoms with Gasteiger partial charge in [0.25, 0.3) is 5.69 Å². The molecular formula is C8H7NO6S2. The Morgan fingerprint density at radius 1 is 1.47 bits per heavy atom. The Bertz CT molecular complexity index is 553. The number of non-ortho nitro benzene ring substituents is 1. The predicted molar refractivity (Wildman–Crippen MR) is 60.4 cm³/mol. The van der Waals surface area contributed by atoms with E-state index in [1.54, 1.807) is 0 Å². The van der Waals surface area contributed by atoms with Gasteiger partial charge in [0.05, 0.1) is 9.82 Å². The van der Waals surface area contributed by atoms with E-state index in [4.69, 9.17) is 5.11 Å². The summed E-state index contributed by atoms with van der Waals surface area (Å²) in [6, 6.07) is 4.45. The summed E-state index contributed by atoms with van der Waals surface area (Å²) < 4.78 is 23.2. The summed E-state index contributed by atoms with van der Waals surface area (Å²) in [6.07, 6.45) is 0. The van der Waals surface area contributed by atoms with Crippen LogP contribution < -0.4 is 0 Å². The molecule has 1 aromatic carbocycles. The summed E-state index contributed by atoms with van der Waals surface area (Å²) in [7, 11) is -3.67. The molecule has 7 nitrogen and oxygen atoms in total. The van der Waals surface area contributed by atoms with Crippen LogP contribution in [0.1, 0.15) is 0 Å². The van der Waals surface area contributed by atoms with E-state index in [0.29, 0.717) is 0 Å². The lowest BCUT2D eigenvalue weighted by atomic mass is 10.3. The van der Waals surface area contributed by atoms with E-state index in [-0.39, 0.29) is 21.4 Å². The van der Waals surface area contributed by atoms with Gasteiger partial charge in [0.2, 0.25) is 8.87 Å². The largest absolute Gasteiger partial charge is 0.481 e. The Morgan fingerprint density at radius 3 is 2.65 bits per heavy atom. The van der Waals surface area contributed by atoms with E-state index in [1.807, 2.05) is 0 Å². The van der Waals surface area contributed by atoms with Gasteiger partial charge in [-0.25, -0.2) is 8.42 Å². The van der Waals surface area contributed by atoms with Crippen molar-refractivity contribution in [2.45, 2.75) is 4.90 Å². The normalized spacial score (nSPS) is 11.1. The van der Waals surface area contributed by atoms with E-state index < -0.39 is 25.5 Å². The van der Waals surface area contributed by atoms with Crippen LogP contribution in [0.25, 0.3) is 0 Å². The highest BCUT2D eigenvalue weighted by Crippen LogP contribution is 2.25. The fraction of sp³-hybridized carbons (Fsp3) is 0.125. The molecule has 0 saturated heterocycles. The smallest absolute Gasteiger partial charge is 0.314 e. The molecule has 1 rings (SSSR count). The maximum absolute atomic E-state index is 11.6. The van der Waals surface area contributed by atoms with Crippen molar-refractivity contribution in [3.05, 3.63) is 34.4 Å². The number of nitrogens with zero attached hydrogens (tertiary/aromatic N) is 1. The second-order valence-electron chi connectivity index (χ2n) is 2.86. The molecule has 0 bridgehead atoms. The molecule has 0 aliphatic carbocycles. The molecule has 0 aliphatic heterocycles. The van der Waals surface area contributed by atoms with Gasteiger partial charge in [-0.2, -0.15) is 0 Å². The number of carboxylic acid groups (broad SMARTS) is 1.